The molecule has 0 amide bonds. The van der Waals surface area contributed by atoms with E-state index in [2.05, 4.69) is 51.3 Å². The van der Waals surface area contributed by atoms with Gasteiger partial charge in [0.25, 0.3) is 0 Å². The summed E-state index contributed by atoms with van der Waals surface area (Å²) in [5.74, 6) is 0.980. The minimum atomic E-state index is 0.219. The van der Waals surface area contributed by atoms with Crippen molar-refractivity contribution in [3.05, 3.63) is 42.5 Å². The molecule has 1 spiro atoms. The fourth-order valence-corrected chi connectivity index (χ4v) is 3.81. The zero-order valence-corrected chi connectivity index (χ0v) is 14.2. The molecule has 2 aliphatic heterocycles. The first kappa shape index (κ1) is 15.5. The summed E-state index contributed by atoms with van der Waals surface area (Å²) in [5.41, 5.74) is 2.25. The van der Waals surface area contributed by atoms with E-state index in [-0.39, 0.29) is 5.54 Å². The van der Waals surface area contributed by atoms with E-state index in [1.165, 1.54) is 0 Å². The van der Waals surface area contributed by atoms with Gasteiger partial charge >= 0.3 is 0 Å². The molecule has 0 atom stereocenters. The van der Waals surface area contributed by atoms with E-state index in [4.69, 9.17) is 4.74 Å². The van der Waals surface area contributed by atoms with Crippen LogP contribution in [0.4, 0.5) is 5.82 Å². The topological polar surface area (TPSA) is 41.5 Å². The SMILES string of the molecule is CN1CCN(c2ccc(-c3ccccc3)nn2)CC12CCOCC2. The summed E-state index contributed by atoms with van der Waals surface area (Å²) < 4.78 is 5.58. The third-order valence-electron chi connectivity index (χ3n) is 5.47. The van der Waals surface area contributed by atoms with Gasteiger partial charge in [0.1, 0.15) is 0 Å². The van der Waals surface area contributed by atoms with Crippen LogP contribution >= 0.6 is 0 Å². The number of nitrogens with zero attached hydrogens (tertiary/aromatic N) is 4. The van der Waals surface area contributed by atoms with Crippen molar-refractivity contribution < 1.29 is 4.74 Å². The Morgan fingerprint density at radius 1 is 0.958 bits per heavy atom. The van der Waals surface area contributed by atoms with E-state index < -0.39 is 0 Å². The maximum Gasteiger partial charge on any atom is 0.151 e. The first-order valence-corrected chi connectivity index (χ1v) is 8.70. The fraction of sp³-hybridized carbons (Fsp3) is 0.474. The Hall–Kier alpha value is -1.98. The molecule has 3 heterocycles. The van der Waals surface area contributed by atoms with Gasteiger partial charge in [0, 0.05) is 44.0 Å². The van der Waals surface area contributed by atoms with Crippen LogP contribution < -0.4 is 4.90 Å². The quantitative estimate of drug-likeness (QED) is 0.849. The van der Waals surface area contributed by atoms with Gasteiger partial charge in [0.05, 0.1) is 5.69 Å². The lowest BCUT2D eigenvalue weighted by Crippen LogP contribution is -2.63. The van der Waals surface area contributed by atoms with Gasteiger partial charge in [-0.2, -0.15) is 0 Å². The van der Waals surface area contributed by atoms with Crippen molar-refractivity contribution in [3.63, 3.8) is 0 Å². The molecule has 4 rings (SSSR count). The number of benzene rings is 1. The summed E-state index contributed by atoms with van der Waals surface area (Å²) >= 11 is 0. The molecule has 2 aromatic rings. The van der Waals surface area contributed by atoms with Crippen LogP contribution in [0.1, 0.15) is 12.8 Å². The maximum absolute atomic E-state index is 5.58. The summed E-state index contributed by atoms with van der Waals surface area (Å²) in [6.45, 7) is 4.78. The normalized spacial score (nSPS) is 21.1. The number of hydrogen-bond acceptors (Lipinski definition) is 5. The summed E-state index contributed by atoms with van der Waals surface area (Å²) in [7, 11) is 2.24. The Bertz CT molecular complexity index is 668. The van der Waals surface area contributed by atoms with E-state index in [0.717, 1.165) is 62.8 Å². The molecule has 0 N–H and O–H groups in total. The van der Waals surface area contributed by atoms with E-state index in [0.29, 0.717) is 0 Å². The average molecular weight is 324 g/mol. The largest absolute Gasteiger partial charge is 0.381 e. The Balaban J connectivity index is 1.53. The second-order valence-electron chi connectivity index (χ2n) is 6.82. The molecule has 24 heavy (non-hydrogen) atoms. The molecule has 5 heteroatoms. The van der Waals surface area contributed by atoms with Crippen LogP contribution in [0.5, 0.6) is 0 Å². The molecule has 0 aliphatic carbocycles. The van der Waals surface area contributed by atoms with Crippen LogP contribution in [0.15, 0.2) is 42.5 Å². The summed E-state index contributed by atoms with van der Waals surface area (Å²) in [6, 6.07) is 14.4. The Labute approximate surface area is 143 Å². The molecule has 0 unspecified atom stereocenters. The molecule has 126 valence electrons. The zero-order valence-electron chi connectivity index (χ0n) is 14.2. The predicted molar refractivity (Wildman–Crippen MR) is 95.1 cm³/mol. The van der Waals surface area contributed by atoms with Crippen LogP contribution in [-0.4, -0.2) is 60.5 Å². The van der Waals surface area contributed by atoms with Gasteiger partial charge in [-0.25, -0.2) is 0 Å². The van der Waals surface area contributed by atoms with Crippen molar-refractivity contribution in [3.8, 4) is 11.3 Å². The number of aromatic nitrogens is 2. The van der Waals surface area contributed by atoms with Gasteiger partial charge in [-0.3, -0.25) is 4.90 Å². The van der Waals surface area contributed by atoms with Crippen molar-refractivity contribution >= 4 is 5.82 Å². The Morgan fingerprint density at radius 3 is 2.46 bits per heavy atom. The lowest BCUT2D eigenvalue weighted by atomic mass is 9.86. The molecular formula is C19H24N4O. The molecule has 1 aromatic heterocycles. The van der Waals surface area contributed by atoms with Crippen LogP contribution in [-0.2, 0) is 4.74 Å². The number of likely N-dealkylation sites (N-methyl/N-ethyl adjacent to an activating group) is 1. The molecule has 2 aliphatic rings. The van der Waals surface area contributed by atoms with Gasteiger partial charge in [-0.05, 0) is 32.0 Å². The minimum absolute atomic E-state index is 0.219. The van der Waals surface area contributed by atoms with E-state index in [1.807, 2.05) is 18.2 Å². The molecular weight excluding hydrogens is 300 g/mol. The molecule has 0 saturated carbocycles. The van der Waals surface area contributed by atoms with Crippen molar-refractivity contribution in [2.45, 2.75) is 18.4 Å². The molecule has 2 fully saturated rings. The number of anilines is 1. The van der Waals surface area contributed by atoms with Crippen molar-refractivity contribution in [1.29, 1.82) is 0 Å². The number of hydrogen-bond donors (Lipinski definition) is 0. The van der Waals surface area contributed by atoms with Gasteiger partial charge in [0.15, 0.2) is 5.82 Å². The lowest BCUT2D eigenvalue weighted by molar-refractivity contribution is -0.0221. The molecule has 5 nitrogen and oxygen atoms in total. The van der Waals surface area contributed by atoms with Gasteiger partial charge < -0.3 is 9.64 Å². The highest BCUT2D eigenvalue weighted by Crippen LogP contribution is 2.32. The number of piperazine rings is 1. The standard InChI is InChI=1S/C19H24N4O/c1-22-11-12-23(15-19(22)9-13-24-14-10-19)18-8-7-17(20-21-18)16-5-3-2-4-6-16/h2-8H,9-15H2,1H3. The average Bonchev–Trinajstić information content (AvgIpc) is 2.66. The second kappa shape index (κ2) is 6.49. The monoisotopic (exact) mass is 324 g/mol. The molecule has 2 saturated heterocycles. The number of rotatable bonds is 2. The number of ether oxygens (including phenoxy) is 1. The van der Waals surface area contributed by atoms with Crippen LogP contribution in [0.25, 0.3) is 11.3 Å². The van der Waals surface area contributed by atoms with Crippen molar-refractivity contribution in [1.82, 2.24) is 15.1 Å². The van der Waals surface area contributed by atoms with E-state index in [1.54, 1.807) is 0 Å². The van der Waals surface area contributed by atoms with Gasteiger partial charge in [0.2, 0.25) is 0 Å². The molecule has 0 bridgehead atoms. The second-order valence-corrected chi connectivity index (χ2v) is 6.82. The van der Waals surface area contributed by atoms with Gasteiger partial charge in [-0.15, -0.1) is 10.2 Å². The third kappa shape index (κ3) is 2.89. The first-order valence-electron chi connectivity index (χ1n) is 8.70. The lowest BCUT2D eigenvalue weighted by Gasteiger charge is -2.51. The molecule has 0 radical (unpaired) electrons. The zero-order chi connectivity index (χ0) is 16.4. The minimum Gasteiger partial charge on any atom is -0.381 e. The third-order valence-corrected chi connectivity index (χ3v) is 5.47. The van der Waals surface area contributed by atoms with Crippen LogP contribution in [0, 0.1) is 0 Å². The summed E-state index contributed by atoms with van der Waals surface area (Å²) in [6.07, 6.45) is 2.19. The highest BCUT2D eigenvalue weighted by Gasteiger charge is 2.41. The van der Waals surface area contributed by atoms with Crippen molar-refractivity contribution in [2.75, 3.05) is 44.8 Å². The summed E-state index contributed by atoms with van der Waals surface area (Å²) in [4.78, 5) is 4.89. The summed E-state index contributed by atoms with van der Waals surface area (Å²) in [5, 5.41) is 8.95. The van der Waals surface area contributed by atoms with E-state index >= 15 is 0 Å². The highest BCUT2D eigenvalue weighted by molar-refractivity contribution is 5.59. The predicted octanol–water partition coefficient (Wildman–Crippen LogP) is 2.44. The smallest absolute Gasteiger partial charge is 0.151 e. The van der Waals surface area contributed by atoms with E-state index in [9.17, 15) is 0 Å². The first-order chi connectivity index (χ1) is 11.8. The Morgan fingerprint density at radius 2 is 1.75 bits per heavy atom. The fourth-order valence-electron chi connectivity index (χ4n) is 3.81. The van der Waals surface area contributed by atoms with Gasteiger partial charge in [-0.1, -0.05) is 30.3 Å². The van der Waals surface area contributed by atoms with Crippen LogP contribution in [0.3, 0.4) is 0 Å². The molecule has 1 aromatic carbocycles. The Kier molecular flexibility index (Phi) is 4.21. The van der Waals surface area contributed by atoms with Crippen molar-refractivity contribution in [2.24, 2.45) is 0 Å². The van der Waals surface area contributed by atoms with Crippen LogP contribution in [0.2, 0.25) is 0 Å². The highest BCUT2D eigenvalue weighted by atomic mass is 16.5. The maximum atomic E-state index is 5.58.